The van der Waals surface area contributed by atoms with Crippen molar-refractivity contribution in [2.75, 3.05) is 20.3 Å². The van der Waals surface area contributed by atoms with Gasteiger partial charge in [-0.1, -0.05) is 24.3 Å². The van der Waals surface area contributed by atoms with Crippen LogP contribution in [0.4, 0.5) is 0 Å². The third-order valence-electron chi connectivity index (χ3n) is 3.18. The Morgan fingerprint density at radius 2 is 2.11 bits per heavy atom. The van der Waals surface area contributed by atoms with E-state index in [0.717, 1.165) is 19.6 Å². The molecule has 2 rings (SSSR count). The molecule has 2 aromatic rings. The number of hydrogen-bond acceptors (Lipinski definition) is 3. The molecule has 0 radical (unpaired) electrons. The second-order valence-corrected chi connectivity index (χ2v) is 4.28. The highest BCUT2D eigenvalue weighted by atomic mass is 16.5. The molecule has 1 unspecified atom stereocenters. The van der Waals surface area contributed by atoms with Crippen LogP contribution in [0.25, 0.3) is 10.8 Å². The maximum Gasteiger partial charge on any atom is 0.0484 e. The van der Waals surface area contributed by atoms with E-state index in [-0.39, 0.29) is 6.04 Å². The molecule has 1 atom stereocenters. The lowest BCUT2D eigenvalue weighted by Gasteiger charge is -2.18. The van der Waals surface area contributed by atoms with Crippen LogP contribution >= 0.6 is 0 Å². The quantitative estimate of drug-likeness (QED) is 0.793. The molecule has 0 saturated carbocycles. The fraction of sp³-hybridized carbons (Fsp3) is 0.400. The third kappa shape index (κ3) is 2.86. The van der Waals surface area contributed by atoms with Gasteiger partial charge in [-0.2, -0.15) is 0 Å². The molecule has 0 saturated heterocycles. The van der Waals surface area contributed by atoms with Gasteiger partial charge >= 0.3 is 0 Å². The molecular formula is C15H20N2O. The van der Waals surface area contributed by atoms with Gasteiger partial charge in [-0.25, -0.2) is 0 Å². The maximum absolute atomic E-state index is 5.44. The van der Waals surface area contributed by atoms with Gasteiger partial charge in [-0.05, 0) is 31.3 Å². The van der Waals surface area contributed by atoms with E-state index in [9.17, 15) is 0 Å². The number of hydrogen-bond donors (Lipinski definition) is 1. The zero-order valence-corrected chi connectivity index (χ0v) is 11.0. The number of ether oxygens (including phenoxy) is 1. The first-order valence-electron chi connectivity index (χ1n) is 6.44. The summed E-state index contributed by atoms with van der Waals surface area (Å²) in [7, 11) is 1.98. The zero-order valence-electron chi connectivity index (χ0n) is 11.0. The Bertz CT molecular complexity index is 493. The molecule has 1 heterocycles. The molecule has 3 heteroatoms. The summed E-state index contributed by atoms with van der Waals surface area (Å²) in [6.07, 6.45) is 4.82. The molecule has 0 spiro atoms. The number of benzene rings is 1. The first-order chi connectivity index (χ1) is 8.86. The highest BCUT2D eigenvalue weighted by Crippen LogP contribution is 2.24. The molecule has 0 aliphatic heterocycles. The molecule has 96 valence electrons. The van der Waals surface area contributed by atoms with Crippen LogP contribution in [0.3, 0.4) is 0 Å². The summed E-state index contributed by atoms with van der Waals surface area (Å²) in [6.45, 7) is 3.56. The average molecular weight is 244 g/mol. The lowest BCUT2D eigenvalue weighted by molar-refractivity contribution is 0.137. The van der Waals surface area contributed by atoms with Crippen LogP contribution in [0.15, 0.2) is 36.7 Å². The van der Waals surface area contributed by atoms with Gasteiger partial charge in [0.25, 0.3) is 0 Å². The minimum absolute atomic E-state index is 0.287. The Hall–Kier alpha value is -1.45. The first kappa shape index (κ1) is 13.0. The highest BCUT2D eigenvalue weighted by Gasteiger charge is 2.12. The Kier molecular flexibility index (Phi) is 4.67. The van der Waals surface area contributed by atoms with Gasteiger partial charge in [-0.3, -0.25) is 4.98 Å². The van der Waals surface area contributed by atoms with Crippen molar-refractivity contribution in [3.63, 3.8) is 0 Å². The van der Waals surface area contributed by atoms with E-state index in [0.29, 0.717) is 0 Å². The standard InChI is InChI=1S/C15H20N2O/c1-3-18-9-8-15(16-2)14-11-17-10-12-6-4-5-7-13(12)14/h4-7,10-11,15-16H,3,8-9H2,1-2H3. The minimum Gasteiger partial charge on any atom is -0.382 e. The van der Waals surface area contributed by atoms with Crippen molar-refractivity contribution in [2.45, 2.75) is 19.4 Å². The zero-order chi connectivity index (χ0) is 12.8. The number of rotatable bonds is 6. The van der Waals surface area contributed by atoms with Crippen molar-refractivity contribution in [2.24, 2.45) is 0 Å². The molecule has 0 aliphatic rings. The van der Waals surface area contributed by atoms with Crippen LogP contribution < -0.4 is 5.32 Å². The SMILES string of the molecule is CCOCCC(NC)c1cncc2ccccc12. The fourth-order valence-electron chi connectivity index (χ4n) is 2.22. The molecule has 0 aliphatic carbocycles. The summed E-state index contributed by atoms with van der Waals surface area (Å²) in [5, 5.41) is 5.80. The summed E-state index contributed by atoms with van der Waals surface area (Å²) in [5.41, 5.74) is 1.25. The minimum atomic E-state index is 0.287. The summed E-state index contributed by atoms with van der Waals surface area (Å²) in [4.78, 5) is 4.33. The Balaban J connectivity index is 2.27. The van der Waals surface area contributed by atoms with E-state index in [4.69, 9.17) is 4.74 Å². The van der Waals surface area contributed by atoms with E-state index in [2.05, 4.69) is 28.5 Å². The Morgan fingerprint density at radius 1 is 1.28 bits per heavy atom. The van der Waals surface area contributed by atoms with Crippen molar-refractivity contribution in [3.05, 3.63) is 42.2 Å². The van der Waals surface area contributed by atoms with E-state index in [1.165, 1.54) is 16.3 Å². The number of fused-ring (bicyclic) bond motifs is 1. The number of pyridine rings is 1. The van der Waals surface area contributed by atoms with Crippen molar-refractivity contribution in [1.82, 2.24) is 10.3 Å². The third-order valence-corrected chi connectivity index (χ3v) is 3.18. The van der Waals surface area contributed by atoms with E-state index < -0.39 is 0 Å². The molecule has 1 N–H and O–H groups in total. The lowest BCUT2D eigenvalue weighted by atomic mass is 10.00. The van der Waals surface area contributed by atoms with Crippen LogP contribution in [-0.2, 0) is 4.74 Å². The summed E-state index contributed by atoms with van der Waals surface area (Å²) >= 11 is 0. The van der Waals surface area contributed by atoms with Crippen LogP contribution in [0, 0.1) is 0 Å². The Morgan fingerprint density at radius 3 is 2.89 bits per heavy atom. The van der Waals surface area contributed by atoms with E-state index in [1.54, 1.807) is 0 Å². The van der Waals surface area contributed by atoms with Gasteiger partial charge in [0.05, 0.1) is 0 Å². The van der Waals surface area contributed by atoms with Crippen molar-refractivity contribution in [1.29, 1.82) is 0 Å². The van der Waals surface area contributed by atoms with Gasteiger partial charge in [0.15, 0.2) is 0 Å². The average Bonchev–Trinajstić information content (AvgIpc) is 2.43. The molecule has 1 aromatic carbocycles. The molecule has 1 aromatic heterocycles. The van der Waals surface area contributed by atoms with Gasteiger partial charge in [0.2, 0.25) is 0 Å². The largest absolute Gasteiger partial charge is 0.382 e. The molecule has 0 bridgehead atoms. The molecule has 0 amide bonds. The first-order valence-corrected chi connectivity index (χ1v) is 6.44. The predicted molar refractivity (Wildman–Crippen MR) is 74.7 cm³/mol. The number of nitrogens with one attached hydrogen (secondary N) is 1. The van der Waals surface area contributed by atoms with Crippen molar-refractivity contribution in [3.8, 4) is 0 Å². The second-order valence-electron chi connectivity index (χ2n) is 4.28. The van der Waals surface area contributed by atoms with E-state index in [1.807, 2.05) is 32.4 Å². The monoisotopic (exact) mass is 244 g/mol. The van der Waals surface area contributed by atoms with Crippen LogP contribution in [0.2, 0.25) is 0 Å². The van der Waals surface area contributed by atoms with Gasteiger partial charge in [0.1, 0.15) is 0 Å². The Labute approximate surface area is 108 Å². The predicted octanol–water partition coefficient (Wildman–Crippen LogP) is 2.92. The van der Waals surface area contributed by atoms with Gasteiger partial charge < -0.3 is 10.1 Å². The normalized spacial score (nSPS) is 12.8. The second kappa shape index (κ2) is 6.47. The summed E-state index contributed by atoms with van der Waals surface area (Å²) in [6, 6.07) is 8.65. The van der Waals surface area contributed by atoms with Gasteiger partial charge in [-0.15, -0.1) is 0 Å². The number of aromatic nitrogens is 1. The van der Waals surface area contributed by atoms with Crippen molar-refractivity contribution < 1.29 is 4.74 Å². The molecule has 0 fully saturated rings. The summed E-state index contributed by atoms with van der Waals surface area (Å²) < 4.78 is 5.44. The molecule has 3 nitrogen and oxygen atoms in total. The topological polar surface area (TPSA) is 34.1 Å². The van der Waals surface area contributed by atoms with Gasteiger partial charge in [0, 0.05) is 37.0 Å². The molecule has 18 heavy (non-hydrogen) atoms. The van der Waals surface area contributed by atoms with Crippen LogP contribution in [-0.4, -0.2) is 25.2 Å². The van der Waals surface area contributed by atoms with Crippen molar-refractivity contribution >= 4 is 10.8 Å². The van der Waals surface area contributed by atoms with Crippen LogP contribution in [0.5, 0.6) is 0 Å². The van der Waals surface area contributed by atoms with Crippen LogP contribution in [0.1, 0.15) is 24.9 Å². The van der Waals surface area contributed by atoms with E-state index >= 15 is 0 Å². The fourth-order valence-corrected chi connectivity index (χ4v) is 2.22. The maximum atomic E-state index is 5.44. The molecular weight excluding hydrogens is 224 g/mol. The summed E-state index contributed by atoms with van der Waals surface area (Å²) in [5.74, 6) is 0. The number of nitrogens with zero attached hydrogens (tertiary/aromatic N) is 1. The lowest BCUT2D eigenvalue weighted by Crippen LogP contribution is -2.19. The highest BCUT2D eigenvalue weighted by molar-refractivity contribution is 5.85. The smallest absolute Gasteiger partial charge is 0.0484 e.